The van der Waals surface area contributed by atoms with Crippen molar-refractivity contribution in [2.24, 2.45) is 5.41 Å². The highest BCUT2D eigenvalue weighted by atomic mass is 16.4. The molecule has 12 nitrogen and oxygen atoms in total. The lowest BCUT2D eigenvalue weighted by Crippen LogP contribution is -2.41. The maximum absolute atomic E-state index is 12.4. The molecule has 12 heteroatoms. The monoisotopic (exact) mass is 507 g/mol. The molecule has 0 bridgehead atoms. The van der Waals surface area contributed by atoms with Gasteiger partial charge < -0.3 is 26.0 Å². The maximum Gasteiger partial charge on any atom is 0.326 e. The van der Waals surface area contributed by atoms with E-state index in [-0.39, 0.29) is 35.4 Å². The van der Waals surface area contributed by atoms with Crippen LogP contribution in [0, 0.1) is 17.4 Å². The summed E-state index contributed by atoms with van der Waals surface area (Å²) in [4.78, 5) is 54.8. The summed E-state index contributed by atoms with van der Waals surface area (Å²) >= 11 is 0. The second kappa shape index (κ2) is 10.8. The molecule has 0 aliphatic carbocycles. The highest BCUT2D eigenvalue weighted by Crippen LogP contribution is 2.31. The standard InChI is InChI=1S/C25H25N5O7/c1-25(2,3)24(37)29-18-12-16-20(28-18)26-13-30(22(16)34)11-10-14-4-6-15(7-5-14)21(33)27-17(23(35)36)8-9-19(31)32/h4-7,12-13,17,34H,8-9H2,1-3H3,(H,27,33)(H,29,37)(H,31,32)(H,35,36)/t17-/m0/s1. The molecular formula is C25H25N5O7. The molecule has 2 aliphatic rings. The molecule has 192 valence electrons. The number of fused-ring (bicyclic) bond motifs is 1. The number of aromatic nitrogens is 3. The van der Waals surface area contributed by atoms with Crippen molar-refractivity contribution in [2.45, 2.75) is 39.7 Å². The summed E-state index contributed by atoms with van der Waals surface area (Å²) in [5, 5.41) is 33.5. The minimum Gasteiger partial charge on any atom is -0.493 e. The summed E-state index contributed by atoms with van der Waals surface area (Å²) in [5.41, 5.74) is 0.325. The van der Waals surface area contributed by atoms with E-state index in [0.29, 0.717) is 11.1 Å². The first-order chi connectivity index (χ1) is 17.3. The second-order valence-corrected chi connectivity index (χ2v) is 9.13. The molecule has 0 fully saturated rings. The predicted molar refractivity (Wildman–Crippen MR) is 131 cm³/mol. The van der Waals surface area contributed by atoms with E-state index < -0.39 is 35.7 Å². The number of anilines is 1. The van der Waals surface area contributed by atoms with Crippen LogP contribution >= 0.6 is 0 Å². The third-order valence-corrected chi connectivity index (χ3v) is 5.15. The van der Waals surface area contributed by atoms with E-state index in [1.807, 2.05) is 0 Å². The lowest BCUT2D eigenvalue weighted by Gasteiger charge is -2.16. The fourth-order valence-corrected chi connectivity index (χ4v) is 3.01. The van der Waals surface area contributed by atoms with E-state index in [1.54, 1.807) is 20.8 Å². The van der Waals surface area contributed by atoms with Gasteiger partial charge in [-0.25, -0.2) is 19.3 Å². The Morgan fingerprint density at radius 2 is 1.78 bits per heavy atom. The number of rotatable bonds is 7. The smallest absolute Gasteiger partial charge is 0.326 e. The van der Waals surface area contributed by atoms with Gasteiger partial charge in [0.15, 0.2) is 5.82 Å². The summed E-state index contributed by atoms with van der Waals surface area (Å²) in [6.45, 7) is 5.29. The minimum absolute atomic E-state index is 0.165. The average molecular weight is 508 g/mol. The van der Waals surface area contributed by atoms with Crippen LogP contribution in [0.4, 0.5) is 5.82 Å². The van der Waals surface area contributed by atoms with Crippen molar-refractivity contribution in [3.63, 3.8) is 0 Å². The third-order valence-electron chi connectivity index (χ3n) is 5.15. The number of carboxylic acid groups (broad SMARTS) is 2. The molecule has 2 amide bonds. The Kier molecular flexibility index (Phi) is 7.77. The molecule has 0 spiro atoms. The van der Waals surface area contributed by atoms with Crippen LogP contribution in [-0.2, 0) is 14.4 Å². The lowest BCUT2D eigenvalue weighted by molar-refractivity contribution is -0.140. The topological polar surface area (TPSA) is 184 Å². The minimum atomic E-state index is -1.34. The Bertz CT molecular complexity index is 1380. The van der Waals surface area contributed by atoms with Gasteiger partial charge in [0.25, 0.3) is 5.91 Å². The number of amides is 2. The Morgan fingerprint density at radius 3 is 2.38 bits per heavy atom. The lowest BCUT2D eigenvalue weighted by atomic mass is 9.96. The molecule has 2 aliphatic heterocycles. The SMILES string of the molecule is CC(C)(C)C(=O)Nc1cc2c(O)n(C#Cc3ccc(C(=O)N[C@@H](CCC(=O)O)C(=O)O)cc3)cnc-2n1. The number of aromatic hydroxyl groups is 1. The van der Waals surface area contributed by atoms with E-state index in [4.69, 9.17) is 5.11 Å². The predicted octanol–water partition coefficient (Wildman–Crippen LogP) is 1.98. The largest absolute Gasteiger partial charge is 0.493 e. The first-order valence-electron chi connectivity index (χ1n) is 11.1. The second-order valence-electron chi connectivity index (χ2n) is 9.13. The highest BCUT2D eigenvalue weighted by Gasteiger charge is 2.24. The Balaban J connectivity index is 1.73. The van der Waals surface area contributed by atoms with Crippen LogP contribution < -0.4 is 10.6 Å². The summed E-state index contributed by atoms with van der Waals surface area (Å²) in [5.74, 6) is -0.320. The zero-order chi connectivity index (χ0) is 27.3. The zero-order valence-electron chi connectivity index (χ0n) is 20.3. The number of nitrogens with one attached hydrogen (secondary N) is 2. The van der Waals surface area contributed by atoms with E-state index in [0.717, 1.165) is 0 Å². The van der Waals surface area contributed by atoms with E-state index >= 15 is 0 Å². The highest BCUT2D eigenvalue weighted by molar-refractivity contribution is 5.97. The molecule has 0 aromatic heterocycles. The number of nitrogens with zero attached hydrogens (tertiary/aromatic N) is 3. The molecule has 0 radical (unpaired) electrons. The van der Waals surface area contributed by atoms with Gasteiger partial charge in [-0.15, -0.1) is 0 Å². The van der Waals surface area contributed by atoms with Gasteiger partial charge in [-0.05, 0) is 42.7 Å². The summed E-state index contributed by atoms with van der Waals surface area (Å²) in [6, 6.07) is 8.82. The zero-order valence-corrected chi connectivity index (χ0v) is 20.3. The molecule has 2 heterocycles. The van der Waals surface area contributed by atoms with Crippen molar-refractivity contribution in [3.05, 3.63) is 47.8 Å². The van der Waals surface area contributed by atoms with Crippen molar-refractivity contribution in [2.75, 3.05) is 5.32 Å². The van der Waals surface area contributed by atoms with Gasteiger partial charge in [-0.2, -0.15) is 0 Å². The Hall–Kier alpha value is -4.92. The van der Waals surface area contributed by atoms with Gasteiger partial charge in [0.05, 0.1) is 5.56 Å². The number of benzene rings is 1. The van der Waals surface area contributed by atoms with Crippen molar-refractivity contribution < 1.29 is 34.5 Å². The van der Waals surface area contributed by atoms with Crippen LogP contribution in [-0.4, -0.2) is 59.6 Å². The first kappa shape index (κ1) is 26.7. The van der Waals surface area contributed by atoms with Gasteiger partial charge in [-0.1, -0.05) is 20.8 Å². The maximum atomic E-state index is 12.4. The summed E-state index contributed by atoms with van der Waals surface area (Å²) in [7, 11) is 0. The normalized spacial score (nSPS) is 11.8. The van der Waals surface area contributed by atoms with Gasteiger partial charge >= 0.3 is 11.9 Å². The number of aliphatic carboxylic acids is 2. The molecular weight excluding hydrogens is 482 g/mol. The van der Waals surface area contributed by atoms with Crippen molar-refractivity contribution >= 4 is 29.6 Å². The quantitative estimate of drug-likeness (QED) is 0.298. The molecule has 1 aromatic carbocycles. The average Bonchev–Trinajstić information content (AvgIpc) is 3.24. The molecule has 1 atom stereocenters. The van der Waals surface area contributed by atoms with Gasteiger partial charge in [0.2, 0.25) is 11.8 Å². The van der Waals surface area contributed by atoms with Gasteiger partial charge in [0.1, 0.15) is 18.2 Å². The van der Waals surface area contributed by atoms with E-state index in [9.17, 15) is 29.4 Å². The number of carbonyl (C=O) groups is 4. The molecule has 0 saturated heterocycles. The van der Waals surface area contributed by atoms with Gasteiger partial charge in [0, 0.05) is 29.0 Å². The summed E-state index contributed by atoms with van der Waals surface area (Å²) < 4.78 is 1.18. The van der Waals surface area contributed by atoms with Crippen LogP contribution in [0.15, 0.2) is 36.7 Å². The molecule has 37 heavy (non-hydrogen) atoms. The summed E-state index contributed by atoms with van der Waals surface area (Å²) in [6.07, 6.45) is 0.630. The number of carboxylic acids is 2. The van der Waals surface area contributed by atoms with E-state index in [2.05, 4.69) is 32.6 Å². The first-order valence-corrected chi connectivity index (χ1v) is 11.1. The third kappa shape index (κ3) is 6.82. The molecule has 5 N–H and O–H groups in total. The van der Waals surface area contributed by atoms with E-state index in [1.165, 1.54) is 41.2 Å². The van der Waals surface area contributed by atoms with Crippen LogP contribution in [0.2, 0.25) is 0 Å². The van der Waals surface area contributed by atoms with Crippen LogP contribution in [0.3, 0.4) is 0 Å². The molecule has 3 rings (SSSR count). The number of hydrogen-bond donors (Lipinski definition) is 5. The Labute approximate surface area is 211 Å². The van der Waals surface area contributed by atoms with Crippen LogP contribution in [0.25, 0.3) is 11.4 Å². The van der Waals surface area contributed by atoms with Gasteiger partial charge in [-0.3, -0.25) is 14.4 Å². The number of carbonyl (C=O) groups excluding carboxylic acids is 2. The molecule has 1 aromatic rings. The van der Waals surface area contributed by atoms with Crippen LogP contribution in [0.5, 0.6) is 5.88 Å². The fraction of sp³-hybridized carbons (Fsp3) is 0.280. The fourth-order valence-electron chi connectivity index (χ4n) is 3.01. The van der Waals surface area contributed by atoms with Crippen molar-refractivity contribution in [1.29, 1.82) is 0 Å². The number of hydrogen-bond acceptors (Lipinski definition) is 7. The van der Waals surface area contributed by atoms with Crippen molar-refractivity contribution in [1.82, 2.24) is 19.9 Å². The Morgan fingerprint density at radius 1 is 1.11 bits per heavy atom. The van der Waals surface area contributed by atoms with Crippen LogP contribution in [0.1, 0.15) is 49.5 Å². The van der Waals surface area contributed by atoms with Crippen molar-refractivity contribution in [3.8, 4) is 29.2 Å². The molecule has 0 unspecified atom stereocenters. The molecule has 0 saturated carbocycles.